The Morgan fingerprint density at radius 1 is 1.03 bits per heavy atom. The average Bonchev–Trinajstić information content (AvgIpc) is 2.75. The fraction of sp³-hybridized carbons (Fsp3) is 0.136. The maximum Gasteiger partial charge on any atom is 0.417 e. The summed E-state index contributed by atoms with van der Waals surface area (Å²) in [4.78, 5) is 4.19. The third-order valence-corrected chi connectivity index (χ3v) is 4.66. The van der Waals surface area contributed by atoms with E-state index in [0.717, 1.165) is 6.07 Å². The third kappa shape index (κ3) is 6.13. The number of nitrogens with zero attached hydrogens (tertiary/aromatic N) is 1. The molecule has 168 valence electrons. The maximum atomic E-state index is 13.0. The van der Waals surface area contributed by atoms with E-state index in [1.807, 2.05) is 0 Å². The number of anilines is 2. The SMILES string of the molecule is C=C(Nc1ccc(Oc2ccnc(C(N)NC)c2)cc1)Nc1ccc(Cl)c(C(F)(F)F)c1. The number of ether oxygens (including phenoxy) is 1. The summed E-state index contributed by atoms with van der Waals surface area (Å²) >= 11 is 5.64. The summed E-state index contributed by atoms with van der Waals surface area (Å²) in [7, 11) is 1.73. The fourth-order valence-corrected chi connectivity index (χ4v) is 2.98. The molecule has 10 heteroatoms. The summed E-state index contributed by atoms with van der Waals surface area (Å²) in [5.74, 6) is 1.45. The topological polar surface area (TPSA) is 84.2 Å². The zero-order chi connectivity index (χ0) is 23.3. The van der Waals surface area contributed by atoms with Crippen LogP contribution in [0.15, 0.2) is 73.2 Å². The van der Waals surface area contributed by atoms with Crippen LogP contribution in [-0.2, 0) is 6.18 Å². The molecule has 0 saturated carbocycles. The summed E-state index contributed by atoms with van der Waals surface area (Å²) in [5, 5.41) is 8.30. The van der Waals surface area contributed by atoms with Crippen molar-refractivity contribution in [3.8, 4) is 11.5 Å². The lowest BCUT2D eigenvalue weighted by Crippen LogP contribution is -2.25. The standard InChI is InChI=1S/C22H21ClF3N5O/c1-13(31-15-5-8-19(23)18(11-15)22(24,25)26)30-14-3-6-16(7-4-14)32-17-9-10-29-20(12-17)21(27)28-2/h3-12,21,28,30-31H,1,27H2,2H3. The molecule has 1 aromatic heterocycles. The van der Waals surface area contributed by atoms with Gasteiger partial charge in [0.1, 0.15) is 17.3 Å². The highest BCUT2D eigenvalue weighted by Crippen LogP contribution is 2.36. The molecule has 0 bridgehead atoms. The quantitative estimate of drug-likeness (QED) is 0.320. The molecule has 3 aromatic rings. The van der Waals surface area contributed by atoms with Gasteiger partial charge in [0.05, 0.1) is 22.4 Å². The van der Waals surface area contributed by atoms with E-state index in [-0.39, 0.29) is 16.5 Å². The van der Waals surface area contributed by atoms with Gasteiger partial charge in [-0.3, -0.25) is 4.98 Å². The van der Waals surface area contributed by atoms with Crippen LogP contribution in [0.4, 0.5) is 24.5 Å². The van der Waals surface area contributed by atoms with Crippen LogP contribution in [0, 0.1) is 0 Å². The molecule has 0 aliphatic rings. The smallest absolute Gasteiger partial charge is 0.417 e. The minimum Gasteiger partial charge on any atom is -0.457 e. The van der Waals surface area contributed by atoms with Gasteiger partial charge in [0.15, 0.2) is 0 Å². The third-order valence-electron chi connectivity index (χ3n) is 4.33. The Labute approximate surface area is 188 Å². The van der Waals surface area contributed by atoms with Gasteiger partial charge < -0.3 is 26.4 Å². The molecule has 0 aliphatic heterocycles. The van der Waals surface area contributed by atoms with Gasteiger partial charge in [-0.15, -0.1) is 0 Å². The van der Waals surface area contributed by atoms with Crippen LogP contribution in [0.1, 0.15) is 17.4 Å². The van der Waals surface area contributed by atoms with E-state index in [1.54, 1.807) is 49.6 Å². The average molecular weight is 464 g/mol. The maximum absolute atomic E-state index is 13.0. The Kier molecular flexibility index (Phi) is 7.24. The number of aromatic nitrogens is 1. The molecule has 0 saturated heterocycles. The van der Waals surface area contributed by atoms with Crippen LogP contribution in [-0.4, -0.2) is 12.0 Å². The first kappa shape index (κ1) is 23.4. The summed E-state index contributed by atoms with van der Waals surface area (Å²) < 4.78 is 44.9. The second kappa shape index (κ2) is 9.90. The number of alkyl halides is 3. The monoisotopic (exact) mass is 463 g/mol. The summed E-state index contributed by atoms with van der Waals surface area (Å²) in [5.41, 5.74) is 6.48. The van der Waals surface area contributed by atoms with E-state index < -0.39 is 17.9 Å². The minimum absolute atomic E-state index is 0.201. The molecular weight excluding hydrogens is 443 g/mol. The molecule has 6 nitrogen and oxygen atoms in total. The Balaban J connectivity index is 1.62. The number of nitrogens with two attached hydrogens (primary N) is 1. The van der Waals surface area contributed by atoms with Crippen molar-refractivity contribution < 1.29 is 17.9 Å². The lowest BCUT2D eigenvalue weighted by molar-refractivity contribution is -0.137. The molecule has 0 radical (unpaired) electrons. The predicted octanol–water partition coefficient (Wildman–Crippen LogP) is 5.72. The van der Waals surface area contributed by atoms with Gasteiger partial charge in [0.2, 0.25) is 0 Å². The number of benzene rings is 2. The number of nitrogens with one attached hydrogen (secondary N) is 3. The van der Waals surface area contributed by atoms with E-state index in [1.165, 1.54) is 12.1 Å². The first-order valence-corrected chi connectivity index (χ1v) is 9.80. The highest BCUT2D eigenvalue weighted by Gasteiger charge is 2.33. The van der Waals surface area contributed by atoms with Crippen molar-refractivity contribution in [2.24, 2.45) is 5.73 Å². The Morgan fingerprint density at radius 2 is 1.69 bits per heavy atom. The Morgan fingerprint density at radius 3 is 2.34 bits per heavy atom. The van der Waals surface area contributed by atoms with Gasteiger partial charge in [-0.05, 0) is 55.6 Å². The molecule has 0 spiro atoms. The molecule has 0 amide bonds. The van der Waals surface area contributed by atoms with Crippen LogP contribution < -0.4 is 26.4 Å². The molecule has 2 aromatic carbocycles. The van der Waals surface area contributed by atoms with Crippen LogP contribution in [0.25, 0.3) is 0 Å². The largest absolute Gasteiger partial charge is 0.457 e. The van der Waals surface area contributed by atoms with Gasteiger partial charge in [0.25, 0.3) is 0 Å². The lowest BCUT2D eigenvalue weighted by Gasteiger charge is -2.15. The van der Waals surface area contributed by atoms with Crippen LogP contribution >= 0.6 is 11.6 Å². The van der Waals surface area contributed by atoms with Crippen LogP contribution in [0.5, 0.6) is 11.5 Å². The number of hydrogen-bond acceptors (Lipinski definition) is 6. The van der Waals surface area contributed by atoms with E-state index in [9.17, 15) is 13.2 Å². The van der Waals surface area contributed by atoms with E-state index >= 15 is 0 Å². The van der Waals surface area contributed by atoms with Crippen molar-refractivity contribution in [2.45, 2.75) is 12.3 Å². The zero-order valence-electron chi connectivity index (χ0n) is 17.0. The predicted molar refractivity (Wildman–Crippen MR) is 120 cm³/mol. The van der Waals surface area contributed by atoms with Crippen molar-refractivity contribution in [1.29, 1.82) is 0 Å². The lowest BCUT2D eigenvalue weighted by atomic mass is 10.2. The molecule has 0 fully saturated rings. The van der Waals surface area contributed by atoms with Crippen molar-refractivity contribution in [2.75, 3.05) is 17.7 Å². The normalized spacial score (nSPS) is 12.2. The van der Waals surface area contributed by atoms with Crippen LogP contribution in [0.2, 0.25) is 5.02 Å². The number of rotatable bonds is 8. The molecule has 1 unspecified atom stereocenters. The molecule has 1 atom stereocenters. The summed E-state index contributed by atoms with van der Waals surface area (Å²) in [6.07, 6.45) is -3.35. The zero-order valence-corrected chi connectivity index (χ0v) is 17.8. The molecule has 0 aliphatic carbocycles. The molecule has 32 heavy (non-hydrogen) atoms. The van der Waals surface area contributed by atoms with Gasteiger partial charge in [-0.1, -0.05) is 18.2 Å². The van der Waals surface area contributed by atoms with Crippen molar-refractivity contribution in [3.63, 3.8) is 0 Å². The molecular formula is C22H21ClF3N5O. The molecule has 5 N–H and O–H groups in total. The fourth-order valence-electron chi connectivity index (χ4n) is 2.75. The van der Waals surface area contributed by atoms with E-state index in [2.05, 4.69) is 27.5 Å². The van der Waals surface area contributed by atoms with Gasteiger partial charge in [-0.25, -0.2) is 0 Å². The number of hydrogen-bond donors (Lipinski definition) is 4. The highest BCUT2D eigenvalue weighted by molar-refractivity contribution is 6.31. The highest BCUT2D eigenvalue weighted by atomic mass is 35.5. The van der Waals surface area contributed by atoms with Gasteiger partial charge >= 0.3 is 6.18 Å². The van der Waals surface area contributed by atoms with Crippen molar-refractivity contribution in [3.05, 3.63) is 89.5 Å². The second-order valence-corrected chi connectivity index (χ2v) is 7.14. The molecule has 1 heterocycles. The van der Waals surface area contributed by atoms with Crippen molar-refractivity contribution in [1.82, 2.24) is 10.3 Å². The van der Waals surface area contributed by atoms with Crippen molar-refractivity contribution >= 4 is 23.0 Å². The first-order chi connectivity index (χ1) is 15.2. The Hall–Kier alpha value is -3.27. The minimum atomic E-state index is -4.55. The number of halogens is 4. The summed E-state index contributed by atoms with van der Waals surface area (Å²) in [6.45, 7) is 3.79. The van der Waals surface area contributed by atoms with Gasteiger partial charge in [-0.2, -0.15) is 13.2 Å². The van der Waals surface area contributed by atoms with E-state index in [0.29, 0.717) is 22.9 Å². The van der Waals surface area contributed by atoms with Crippen LogP contribution in [0.3, 0.4) is 0 Å². The van der Waals surface area contributed by atoms with E-state index in [4.69, 9.17) is 22.1 Å². The first-order valence-electron chi connectivity index (χ1n) is 9.42. The Bertz CT molecular complexity index is 1090. The van der Waals surface area contributed by atoms with Gasteiger partial charge in [0, 0.05) is 23.6 Å². The summed E-state index contributed by atoms with van der Waals surface area (Å²) in [6, 6.07) is 13.9. The second-order valence-electron chi connectivity index (χ2n) is 6.73. The molecule has 3 rings (SSSR count). The number of pyridine rings is 1.